The summed E-state index contributed by atoms with van der Waals surface area (Å²) in [5.74, 6) is 0.447. The summed E-state index contributed by atoms with van der Waals surface area (Å²) in [7, 11) is 1.63. The molecule has 0 aliphatic carbocycles. The lowest BCUT2D eigenvalue weighted by Crippen LogP contribution is -2.43. The van der Waals surface area contributed by atoms with E-state index in [9.17, 15) is 9.59 Å². The molecule has 1 aliphatic heterocycles. The van der Waals surface area contributed by atoms with Gasteiger partial charge in [0.25, 0.3) is 5.91 Å². The Balaban J connectivity index is 1.55. The average molecular weight is 396 g/mol. The molecule has 1 unspecified atom stereocenters. The highest BCUT2D eigenvalue weighted by Crippen LogP contribution is 2.22. The van der Waals surface area contributed by atoms with Gasteiger partial charge in [0.1, 0.15) is 12.4 Å². The van der Waals surface area contributed by atoms with Crippen molar-refractivity contribution < 1.29 is 19.1 Å². The quantitative estimate of drug-likeness (QED) is 0.728. The van der Waals surface area contributed by atoms with Crippen LogP contribution < -0.4 is 10.1 Å². The van der Waals surface area contributed by atoms with Crippen molar-refractivity contribution in [1.29, 1.82) is 0 Å². The van der Waals surface area contributed by atoms with Gasteiger partial charge in [-0.15, -0.1) is 0 Å². The van der Waals surface area contributed by atoms with E-state index in [0.29, 0.717) is 31.9 Å². The van der Waals surface area contributed by atoms with Gasteiger partial charge < -0.3 is 19.7 Å². The van der Waals surface area contributed by atoms with Crippen LogP contribution in [-0.2, 0) is 9.53 Å². The zero-order valence-electron chi connectivity index (χ0n) is 17.0. The average Bonchev–Trinajstić information content (AvgIpc) is 2.75. The fourth-order valence-corrected chi connectivity index (χ4v) is 3.38. The first kappa shape index (κ1) is 20.9. The van der Waals surface area contributed by atoms with Gasteiger partial charge in [-0.05, 0) is 56.2 Å². The van der Waals surface area contributed by atoms with Crippen LogP contribution in [0.3, 0.4) is 0 Å². The van der Waals surface area contributed by atoms with Crippen molar-refractivity contribution >= 4 is 17.5 Å². The molecular formula is C23H28N2O4. The molecule has 29 heavy (non-hydrogen) atoms. The molecule has 1 heterocycles. The molecule has 0 saturated carbocycles. The maximum absolute atomic E-state index is 12.8. The molecule has 6 nitrogen and oxygen atoms in total. The van der Waals surface area contributed by atoms with Crippen molar-refractivity contribution in [1.82, 2.24) is 4.90 Å². The molecule has 2 aromatic carbocycles. The fraction of sp³-hybridized carbons (Fsp3) is 0.391. The molecule has 1 N–H and O–H groups in total. The summed E-state index contributed by atoms with van der Waals surface area (Å²) in [6.07, 6.45) is 1.60. The molecule has 1 aliphatic rings. The normalized spacial score (nSPS) is 16.3. The number of nitrogens with zero attached hydrogens (tertiary/aromatic N) is 1. The molecule has 3 rings (SSSR count). The molecule has 1 fully saturated rings. The highest BCUT2D eigenvalue weighted by molar-refractivity contribution is 5.96. The van der Waals surface area contributed by atoms with Crippen molar-refractivity contribution in [3.8, 4) is 5.75 Å². The Morgan fingerprint density at radius 2 is 1.79 bits per heavy atom. The van der Waals surface area contributed by atoms with Crippen LogP contribution in [0.25, 0.3) is 0 Å². The van der Waals surface area contributed by atoms with Gasteiger partial charge >= 0.3 is 0 Å². The zero-order valence-corrected chi connectivity index (χ0v) is 17.0. The van der Waals surface area contributed by atoms with Crippen LogP contribution in [0, 0.1) is 12.8 Å². The Morgan fingerprint density at radius 1 is 1.07 bits per heavy atom. The predicted octanol–water partition coefficient (Wildman–Crippen LogP) is 3.51. The maximum atomic E-state index is 12.8. The maximum Gasteiger partial charge on any atom is 0.253 e. The second kappa shape index (κ2) is 10.1. The number of rotatable bonds is 7. The number of nitrogens with one attached hydrogen (secondary N) is 1. The van der Waals surface area contributed by atoms with E-state index in [0.717, 1.165) is 29.8 Å². The minimum Gasteiger partial charge on any atom is -0.491 e. The van der Waals surface area contributed by atoms with Crippen LogP contribution in [0.4, 0.5) is 5.69 Å². The summed E-state index contributed by atoms with van der Waals surface area (Å²) in [4.78, 5) is 27.3. The van der Waals surface area contributed by atoms with Crippen molar-refractivity contribution in [2.75, 3.05) is 38.7 Å². The number of carbonyl (C=O) groups excluding carboxylic acids is 2. The van der Waals surface area contributed by atoms with Gasteiger partial charge in [-0.2, -0.15) is 0 Å². The van der Waals surface area contributed by atoms with E-state index in [-0.39, 0.29) is 17.7 Å². The number of anilines is 1. The van der Waals surface area contributed by atoms with Crippen LogP contribution in [0.15, 0.2) is 48.5 Å². The second-order valence-electron chi connectivity index (χ2n) is 7.31. The Bertz CT molecular complexity index is 818. The van der Waals surface area contributed by atoms with Crippen molar-refractivity contribution in [2.24, 2.45) is 5.92 Å². The lowest BCUT2D eigenvalue weighted by Gasteiger charge is -2.32. The summed E-state index contributed by atoms with van der Waals surface area (Å²) < 4.78 is 10.5. The monoisotopic (exact) mass is 396 g/mol. The topological polar surface area (TPSA) is 67.9 Å². The molecule has 0 spiro atoms. The third-order valence-corrected chi connectivity index (χ3v) is 5.06. The second-order valence-corrected chi connectivity index (χ2v) is 7.31. The van der Waals surface area contributed by atoms with Gasteiger partial charge in [0, 0.05) is 31.5 Å². The molecule has 1 atom stereocenters. The van der Waals surface area contributed by atoms with E-state index in [1.54, 1.807) is 12.0 Å². The minimum atomic E-state index is -0.212. The van der Waals surface area contributed by atoms with Gasteiger partial charge in [0.2, 0.25) is 5.91 Å². The molecular weight excluding hydrogens is 368 g/mol. The Kier molecular flexibility index (Phi) is 7.25. The SMILES string of the molecule is COCCOc1ccc(NC(=O)C2CCCN(C(=O)c3ccc(C)cc3)C2)cc1. The highest BCUT2D eigenvalue weighted by Gasteiger charge is 2.29. The van der Waals surface area contributed by atoms with Crippen LogP contribution in [-0.4, -0.2) is 50.1 Å². The summed E-state index contributed by atoms with van der Waals surface area (Å²) in [6.45, 7) is 4.13. The molecule has 0 aromatic heterocycles. The number of piperidine rings is 1. The first-order valence-corrected chi connectivity index (χ1v) is 9.95. The number of aryl methyl sites for hydroxylation is 1. The Hall–Kier alpha value is -2.86. The Labute approximate surface area is 171 Å². The van der Waals surface area contributed by atoms with Crippen LogP contribution >= 0.6 is 0 Å². The zero-order chi connectivity index (χ0) is 20.6. The number of ether oxygens (including phenoxy) is 2. The first-order chi connectivity index (χ1) is 14.1. The van der Waals surface area contributed by atoms with Gasteiger partial charge in [0.05, 0.1) is 12.5 Å². The molecule has 6 heteroatoms. The lowest BCUT2D eigenvalue weighted by atomic mass is 9.96. The third-order valence-electron chi connectivity index (χ3n) is 5.06. The van der Waals surface area contributed by atoms with Crippen LogP contribution in [0.5, 0.6) is 5.75 Å². The lowest BCUT2D eigenvalue weighted by molar-refractivity contribution is -0.121. The number of hydrogen-bond donors (Lipinski definition) is 1. The number of carbonyl (C=O) groups is 2. The molecule has 2 aromatic rings. The van der Waals surface area contributed by atoms with Gasteiger partial charge in [-0.3, -0.25) is 9.59 Å². The van der Waals surface area contributed by atoms with Crippen molar-refractivity contribution in [3.63, 3.8) is 0 Å². The number of methoxy groups -OCH3 is 1. The summed E-state index contributed by atoms with van der Waals surface area (Å²) in [6, 6.07) is 14.8. The summed E-state index contributed by atoms with van der Waals surface area (Å²) in [5, 5.41) is 2.96. The number of benzene rings is 2. The molecule has 1 saturated heterocycles. The predicted molar refractivity (Wildman–Crippen MR) is 112 cm³/mol. The van der Waals surface area contributed by atoms with E-state index >= 15 is 0 Å². The highest BCUT2D eigenvalue weighted by atomic mass is 16.5. The van der Waals surface area contributed by atoms with Crippen molar-refractivity contribution in [3.05, 3.63) is 59.7 Å². The summed E-state index contributed by atoms with van der Waals surface area (Å²) in [5.41, 5.74) is 2.50. The minimum absolute atomic E-state index is 0.0138. The fourth-order valence-electron chi connectivity index (χ4n) is 3.38. The van der Waals surface area contributed by atoms with E-state index in [1.165, 1.54) is 0 Å². The first-order valence-electron chi connectivity index (χ1n) is 9.95. The van der Waals surface area contributed by atoms with Crippen molar-refractivity contribution in [2.45, 2.75) is 19.8 Å². The van der Waals surface area contributed by atoms with E-state index < -0.39 is 0 Å². The smallest absolute Gasteiger partial charge is 0.253 e. The molecule has 154 valence electrons. The van der Waals surface area contributed by atoms with Gasteiger partial charge in [-0.1, -0.05) is 17.7 Å². The third kappa shape index (κ3) is 5.81. The number of amides is 2. The van der Waals surface area contributed by atoms with Gasteiger partial charge in [0.15, 0.2) is 0 Å². The molecule has 0 bridgehead atoms. The largest absolute Gasteiger partial charge is 0.491 e. The van der Waals surface area contributed by atoms with Gasteiger partial charge in [-0.25, -0.2) is 0 Å². The van der Waals surface area contributed by atoms with E-state index in [2.05, 4.69) is 5.32 Å². The number of likely N-dealkylation sites (tertiary alicyclic amines) is 1. The Morgan fingerprint density at radius 3 is 2.48 bits per heavy atom. The van der Waals surface area contributed by atoms with E-state index in [4.69, 9.17) is 9.47 Å². The van der Waals surface area contributed by atoms with Crippen LogP contribution in [0.2, 0.25) is 0 Å². The van der Waals surface area contributed by atoms with Crippen LogP contribution in [0.1, 0.15) is 28.8 Å². The van der Waals surface area contributed by atoms with E-state index in [1.807, 2.05) is 55.5 Å². The molecule has 0 radical (unpaired) electrons. The summed E-state index contributed by atoms with van der Waals surface area (Å²) >= 11 is 0. The standard InChI is InChI=1S/C23H28N2O4/c1-17-5-7-18(8-6-17)23(27)25-13-3-4-19(16-25)22(26)24-20-9-11-21(12-10-20)29-15-14-28-2/h5-12,19H,3-4,13-16H2,1-2H3,(H,24,26). The number of hydrogen-bond acceptors (Lipinski definition) is 4. The molecule has 2 amide bonds.